The normalized spacial score (nSPS) is 12.1. The van der Waals surface area contributed by atoms with Gasteiger partial charge in [-0.05, 0) is 48.6 Å². The molecule has 150 valence electrons. The first kappa shape index (κ1) is 20.7. The van der Waals surface area contributed by atoms with E-state index in [9.17, 15) is 4.79 Å². The van der Waals surface area contributed by atoms with Gasteiger partial charge in [0.25, 0.3) is 5.91 Å². The highest BCUT2D eigenvalue weighted by atomic mass is 35.5. The molecular weight excluding hydrogens is 388 g/mol. The maximum absolute atomic E-state index is 12.0. The zero-order valence-corrected chi connectivity index (χ0v) is 17.1. The van der Waals surface area contributed by atoms with Crippen LogP contribution in [0.2, 0.25) is 5.02 Å². The third-order valence-electron chi connectivity index (χ3n) is 4.37. The number of hydrazone groups is 1. The fourth-order valence-electron chi connectivity index (χ4n) is 2.67. The Balaban J connectivity index is 1.54. The Labute approximate surface area is 175 Å². The molecule has 0 heterocycles. The van der Waals surface area contributed by atoms with Gasteiger partial charge in [0.1, 0.15) is 11.5 Å². The summed E-state index contributed by atoms with van der Waals surface area (Å²) in [7, 11) is 0. The predicted molar refractivity (Wildman–Crippen MR) is 117 cm³/mol. The van der Waals surface area contributed by atoms with Crippen molar-refractivity contribution < 1.29 is 14.3 Å². The molecule has 5 nitrogen and oxygen atoms in total. The molecule has 0 aliphatic rings. The third kappa shape index (κ3) is 5.72. The van der Waals surface area contributed by atoms with E-state index in [2.05, 4.69) is 10.5 Å². The monoisotopic (exact) mass is 410 g/mol. The van der Waals surface area contributed by atoms with Gasteiger partial charge in [0.2, 0.25) is 0 Å². The van der Waals surface area contributed by atoms with Gasteiger partial charge in [-0.25, -0.2) is 5.43 Å². The summed E-state index contributed by atoms with van der Waals surface area (Å²) < 4.78 is 11.4. The number of rotatable bonds is 8. The molecule has 0 aromatic heterocycles. The first-order valence-corrected chi connectivity index (χ1v) is 9.83. The molecule has 0 bridgehead atoms. The van der Waals surface area contributed by atoms with E-state index in [0.717, 1.165) is 22.8 Å². The van der Waals surface area contributed by atoms with Crippen molar-refractivity contribution >= 4 is 34.5 Å². The number of hydrogen-bond acceptors (Lipinski definition) is 4. The van der Waals surface area contributed by atoms with Crippen LogP contribution in [0.3, 0.4) is 0 Å². The summed E-state index contributed by atoms with van der Waals surface area (Å²) >= 11 is 6.24. The molecule has 6 heteroatoms. The van der Waals surface area contributed by atoms with Crippen LogP contribution in [0.5, 0.6) is 11.5 Å². The lowest BCUT2D eigenvalue weighted by Gasteiger charge is -2.13. The van der Waals surface area contributed by atoms with Gasteiger partial charge in [0, 0.05) is 5.39 Å². The van der Waals surface area contributed by atoms with Gasteiger partial charge in [0.05, 0.1) is 17.3 Å². The van der Waals surface area contributed by atoms with Crippen LogP contribution in [0.25, 0.3) is 10.8 Å². The minimum Gasteiger partial charge on any atom is -0.489 e. The van der Waals surface area contributed by atoms with Crippen LogP contribution in [-0.4, -0.2) is 24.8 Å². The molecule has 1 N–H and O–H groups in total. The van der Waals surface area contributed by atoms with Crippen LogP contribution < -0.4 is 14.9 Å². The lowest BCUT2D eigenvalue weighted by molar-refractivity contribution is -0.123. The van der Waals surface area contributed by atoms with Gasteiger partial charge in [-0.1, -0.05) is 54.9 Å². The number of ether oxygens (including phenoxy) is 2. The molecule has 3 aromatic rings. The van der Waals surface area contributed by atoms with Gasteiger partial charge in [-0.3, -0.25) is 4.79 Å². The maximum Gasteiger partial charge on any atom is 0.277 e. The number of nitrogens with zero attached hydrogens (tertiary/aromatic N) is 1. The first-order valence-electron chi connectivity index (χ1n) is 9.45. The molecule has 0 saturated carbocycles. The summed E-state index contributed by atoms with van der Waals surface area (Å²) in [5.41, 5.74) is 3.21. The van der Waals surface area contributed by atoms with Gasteiger partial charge < -0.3 is 9.47 Å². The second kappa shape index (κ2) is 9.94. The highest BCUT2D eigenvalue weighted by Crippen LogP contribution is 2.26. The van der Waals surface area contributed by atoms with Crippen LogP contribution in [0.4, 0.5) is 0 Å². The molecule has 0 radical (unpaired) electrons. The van der Waals surface area contributed by atoms with E-state index in [-0.39, 0.29) is 18.6 Å². The largest absolute Gasteiger partial charge is 0.489 e. The Morgan fingerprint density at radius 2 is 1.93 bits per heavy atom. The summed E-state index contributed by atoms with van der Waals surface area (Å²) in [6, 6.07) is 18.9. The first-order chi connectivity index (χ1) is 14.1. The molecule has 0 fully saturated rings. The number of fused-ring (bicyclic) bond motifs is 1. The smallest absolute Gasteiger partial charge is 0.277 e. The number of amides is 1. The Morgan fingerprint density at radius 1 is 1.14 bits per heavy atom. The Bertz CT molecular complexity index is 1010. The summed E-state index contributed by atoms with van der Waals surface area (Å²) in [5, 5.41) is 6.48. The van der Waals surface area contributed by atoms with Crippen molar-refractivity contribution in [2.45, 2.75) is 26.4 Å². The second-order valence-corrected chi connectivity index (χ2v) is 6.99. The van der Waals surface area contributed by atoms with Crippen LogP contribution in [0.15, 0.2) is 65.8 Å². The van der Waals surface area contributed by atoms with E-state index >= 15 is 0 Å². The van der Waals surface area contributed by atoms with E-state index in [0.29, 0.717) is 16.5 Å². The zero-order valence-electron chi connectivity index (χ0n) is 16.4. The van der Waals surface area contributed by atoms with Crippen molar-refractivity contribution in [3.8, 4) is 11.5 Å². The average molecular weight is 411 g/mol. The topological polar surface area (TPSA) is 59.9 Å². The SMILES string of the molecule is CC[C@H](C)Oc1ccc(/C=N/NC(=O)COc2cccc3ccccc23)cc1Cl. The molecule has 1 atom stereocenters. The summed E-state index contributed by atoms with van der Waals surface area (Å²) in [6.45, 7) is 3.90. The number of nitrogens with one attached hydrogen (secondary N) is 1. The minimum atomic E-state index is -0.350. The van der Waals surface area contributed by atoms with Gasteiger partial charge in [-0.2, -0.15) is 5.10 Å². The Hall–Kier alpha value is -3.05. The fourth-order valence-corrected chi connectivity index (χ4v) is 2.90. The minimum absolute atomic E-state index is 0.0908. The van der Waals surface area contributed by atoms with Crippen LogP contribution in [-0.2, 0) is 4.79 Å². The van der Waals surface area contributed by atoms with Crippen molar-refractivity contribution in [1.82, 2.24) is 5.43 Å². The van der Waals surface area contributed by atoms with Crippen LogP contribution in [0.1, 0.15) is 25.8 Å². The number of carbonyl (C=O) groups excluding carboxylic acids is 1. The van der Waals surface area contributed by atoms with Crippen LogP contribution >= 0.6 is 11.6 Å². The van der Waals surface area contributed by atoms with Gasteiger partial charge >= 0.3 is 0 Å². The Kier molecular flexibility index (Phi) is 7.09. The number of carbonyl (C=O) groups is 1. The number of hydrogen-bond donors (Lipinski definition) is 1. The maximum atomic E-state index is 12.0. The van der Waals surface area contributed by atoms with Crippen molar-refractivity contribution in [3.05, 3.63) is 71.2 Å². The van der Waals surface area contributed by atoms with Crippen molar-refractivity contribution in [2.75, 3.05) is 6.61 Å². The molecule has 0 saturated heterocycles. The van der Waals surface area contributed by atoms with Crippen molar-refractivity contribution in [1.29, 1.82) is 0 Å². The standard InChI is InChI=1S/C23H23ClN2O3/c1-3-16(2)29-22-12-11-17(13-20(22)24)14-25-26-23(27)15-28-21-10-6-8-18-7-4-5-9-19(18)21/h4-14,16H,3,15H2,1-2H3,(H,26,27)/b25-14+/t16-/m0/s1. The highest BCUT2D eigenvalue weighted by molar-refractivity contribution is 6.32. The summed E-state index contributed by atoms with van der Waals surface area (Å²) in [4.78, 5) is 12.0. The molecular formula is C23H23ClN2O3. The molecule has 1 amide bonds. The molecule has 0 unspecified atom stereocenters. The molecule has 0 aliphatic carbocycles. The Morgan fingerprint density at radius 3 is 2.72 bits per heavy atom. The zero-order chi connectivity index (χ0) is 20.6. The molecule has 0 aliphatic heterocycles. The second-order valence-electron chi connectivity index (χ2n) is 6.59. The summed E-state index contributed by atoms with van der Waals surface area (Å²) in [5.74, 6) is 0.939. The van der Waals surface area contributed by atoms with Gasteiger partial charge in [-0.15, -0.1) is 0 Å². The fraction of sp³-hybridized carbons (Fsp3) is 0.217. The van der Waals surface area contributed by atoms with E-state index < -0.39 is 0 Å². The number of halogens is 1. The van der Waals surface area contributed by atoms with Crippen molar-refractivity contribution in [3.63, 3.8) is 0 Å². The lowest BCUT2D eigenvalue weighted by Crippen LogP contribution is -2.24. The third-order valence-corrected chi connectivity index (χ3v) is 4.67. The van der Waals surface area contributed by atoms with Crippen molar-refractivity contribution in [2.24, 2.45) is 5.10 Å². The molecule has 3 rings (SSSR count). The van der Waals surface area contributed by atoms with E-state index in [1.165, 1.54) is 6.21 Å². The molecule has 0 spiro atoms. The summed E-state index contributed by atoms with van der Waals surface area (Å²) in [6.07, 6.45) is 2.51. The molecule has 3 aromatic carbocycles. The van der Waals surface area contributed by atoms with E-state index in [1.807, 2.05) is 62.4 Å². The lowest BCUT2D eigenvalue weighted by atomic mass is 10.1. The van der Waals surface area contributed by atoms with E-state index in [1.54, 1.807) is 12.1 Å². The van der Waals surface area contributed by atoms with Crippen LogP contribution in [0, 0.1) is 0 Å². The molecule has 29 heavy (non-hydrogen) atoms. The van der Waals surface area contributed by atoms with E-state index in [4.69, 9.17) is 21.1 Å². The van der Waals surface area contributed by atoms with Gasteiger partial charge in [0.15, 0.2) is 6.61 Å². The number of benzene rings is 3. The highest BCUT2D eigenvalue weighted by Gasteiger charge is 2.07. The predicted octanol–water partition coefficient (Wildman–Crippen LogP) is 5.20. The quantitative estimate of drug-likeness (QED) is 0.410. The average Bonchev–Trinajstić information content (AvgIpc) is 2.74.